The number of hydrogen-bond acceptors (Lipinski definition) is 5. The average Bonchev–Trinajstić information content (AvgIpc) is 2.43. The molecule has 0 N–H and O–H groups in total. The Balaban J connectivity index is 2.35. The maximum atomic E-state index is 11.2. The van der Waals surface area contributed by atoms with Crippen LogP contribution in [0.1, 0.15) is 22.3 Å². The van der Waals surface area contributed by atoms with Crippen molar-refractivity contribution in [2.45, 2.75) is 12.2 Å². The third-order valence-corrected chi connectivity index (χ3v) is 3.35. The van der Waals surface area contributed by atoms with Gasteiger partial charge in [-0.2, -0.15) is 11.8 Å². The van der Waals surface area contributed by atoms with Crippen LogP contribution >= 0.6 is 11.8 Å². The standard InChI is InChI=1S/C13H16O4S/c1-16-12(14)7-8-18-9-10-3-5-11(6-4-10)13(15)17-2/h3-6H,7-9H2,1-2H3. The van der Waals surface area contributed by atoms with Crippen LogP contribution in [0.15, 0.2) is 24.3 Å². The first-order valence-electron chi connectivity index (χ1n) is 5.49. The molecule has 1 aromatic carbocycles. The summed E-state index contributed by atoms with van der Waals surface area (Å²) >= 11 is 1.65. The van der Waals surface area contributed by atoms with Gasteiger partial charge in [0, 0.05) is 11.5 Å². The van der Waals surface area contributed by atoms with Crippen LogP contribution in [0.25, 0.3) is 0 Å². The molecule has 0 aliphatic carbocycles. The second kappa shape index (κ2) is 7.76. The zero-order valence-electron chi connectivity index (χ0n) is 10.5. The summed E-state index contributed by atoms with van der Waals surface area (Å²) in [5.74, 6) is 1.01. The summed E-state index contributed by atoms with van der Waals surface area (Å²) < 4.78 is 9.17. The van der Waals surface area contributed by atoms with Crippen molar-refractivity contribution in [3.8, 4) is 0 Å². The molecule has 1 rings (SSSR count). The molecule has 4 nitrogen and oxygen atoms in total. The molecule has 5 heteroatoms. The lowest BCUT2D eigenvalue weighted by Crippen LogP contribution is -2.02. The van der Waals surface area contributed by atoms with Gasteiger partial charge in [0.15, 0.2) is 0 Å². The zero-order valence-corrected chi connectivity index (χ0v) is 11.3. The first kappa shape index (κ1) is 14.6. The van der Waals surface area contributed by atoms with E-state index >= 15 is 0 Å². The van der Waals surface area contributed by atoms with Crippen LogP contribution in [0.3, 0.4) is 0 Å². The quantitative estimate of drug-likeness (QED) is 0.585. The zero-order chi connectivity index (χ0) is 13.4. The fourth-order valence-corrected chi connectivity index (χ4v) is 2.19. The van der Waals surface area contributed by atoms with Crippen LogP contribution in [0.5, 0.6) is 0 Å². The Labute approximate surface area is 111 Å². The molecule has 98 valence electrons. The Morgan fingerprint density at radius 2 is 1.78 bits per heavy atom. The molecule has 0 spiro atoms. The molecule has 0 unspecified atom stereocenters. The van der Waals surface area contributed by atoms with E-state index in [2.05, 4.69) is 9.47 Å². The van der Waals surface area contributed by atoms with Crippen LogP contribution in [0, 0.1) is 0 Å². The van der Waals surface area contributed by atoms with E-state index in [4.69, 9.17) is 0 Å². The first-order chi connectivity index (χ1) is 8.67. The number of carbonyl (C=O) groups excluding carboxylic acids is 2. The van der Waals surface area contributed by atoms with Crippen molar-refractivity contribution in [1.82, 2.24) is 0 Å². The summed E-state index contributed by atoms with van der Waals surface area (Å²) in [5, 5.41) is 0. The lowest BCUT2D eigenvalue weighted by molar-refractivity contribution is -0.140. The Morgan fingerprint density at radius 1 is 1.11 bits per heavy atom. The molecule has 0 saturated carbocycles. The van der Waals surface area contributed by atoms with Gasteiger partial charge in [0.05, 0.1) is 26.2 Å². The Bertz CT molecular complexity index is 400. The van der Waals surface area contributed by atoms with Crippen molar-refractivity contribution in [3.63, 3.8) is 0 Å². The highest BCUT2D eigenvalue weighted by molar-refractivity contribution is 7.98. The fourth-order valence-electron chi connectivity index (χ4n) is 1.30. The van der Waals surface area contributed by atoms with Crippen molar-refractivity contribution < 1.29 is 19.1 Å². The number of benzene rings is 1. The number of rotatable bonds is 6. The minimum Gasteiger partial charge on any atom is -0.469 e. The van der Waals surface area contributed by atoms with E-state index < -0.39 is 0 Å². The second-order valence-electron chi connectivity index (χ2n) is 3.57. The predicted octanol–water partition coefficient (Wildman–Crippen LogP) is 2.27. The van der Waals surface area contributed by atoms with Gasteiger partial charge in [0.2, 0.25) is 0 Å². The van der Waals surface area contributed by atoms with Crippen LogP contribution < -0.4 is 0 Å². The lowest BCUT2D eigenvalue weighted by Gasteiger charge is -2.03. The summed E-state index contributed by atoms with van der Waals surface area (Å²) in [7, 11) is 2.75. The van der Waals surface area contributed by atoms with E-state index in [1.165, 1.54) is 14.2 Å². The van der Waals surface area contributed by atoms with Crippen molar-refractivity contribution in [3.05, 3.63) is 35.4 Å². The molecule has 0 saturated heterocycles. The average molecular weight is 268 g/mol. The largest absolute Gasteiger partial charge is 0.469 e. The molecule has 0 fully saturated rings. The van der Waals surface area contributed by atoms with Gasteiger partial charge in [0.1, 0.15) is 0 Å². The summed E-state index contributed by atoms with van der Waals surface area (Å²) in [4.78, 5) is 22.1. The molecule has 18 heavy (non-hydrogen) atoms. The smallest absolute Gasteiger partial charge is 0.337 e. The molecule has 0 aliphatic rings. The van der Waals surface area contributed by atoms with Crippen LogP contribution in [-0.2, 0) is 20.0 Å². The minimum atomic E-state index is -0.333. The van der Waals surface area contributed by atoms with Crippen molar-refractivity contribution in [1.29, 1.82) is 0 Å². The fraction of sp³-hybridized carbons (Fsp3) is 0.385. The number of hydrogen-bond donors (Lipinski definition) is 0. The van der Waals surface area contributed by atoms with E-state index in [9.17, 15) is 9.59 Å². The number of thioether (sulfide) groups is 1. The van der Waals surface area contributed by atoms with Gasteiger partial charge in [-0.05, 0) is 17.7 Å². The Morgan fingerprint density at radius 3 is 2.33 bits per heavy atom. The normalized spacial score (nSPS) is 9.89. The summed E-state index contributed by atoms with van der Waals surface area (Å²) in [6, 6.07) is 7.25. The topological polar surface area (TPSA) is 52.6 Å². The number of esters is 2. The SMILES string of the molecule is COC(=O)CCSCc1ccc(C(=O)OC)cc1. The minimum absolute atomic E-state index is 0.191. The molecule has 0 heterocycles. The third kappa shape index (κ3) is 4.79. The number of ether oxygens (including phenoxy) is 2. The van der Waals surface area contributed by atoms with Gasteiger partial charge < -0.3 is 9.47 Å². The third-order valence-electron chi connectivity index (χ3n) is 2.32. The lowest BCUT2D eigenvalue weighted by atomic mass is 10.1. The van der Waals surface area contributed by atoms with Crippen LogP contribution in [0.2, 0.25) is 0 Å². The maximum Gasteiger partial charge on any atom is 0.337 e. The highest BCUT2D eigenvalue weighted by Crippen LogP contribution is 2.14. The molecule has 0 atom stereocenters. The highest BCUT2D eigenvalue weighted by atomic mass is 32.2. The first-order valence-corrected chi connectivity index (χ1v) is 6.64. The highest BCUT2D eigenvalue weighted by Gasteiger charge is 2.04. The van der Waals surface area contributed by atoms with Gasteiger partial charge in [0.25, 0.3) is 0 Å². The predicted molar refractivity (Wildman–Crippen MR) is 70.6 cm³/mol. The molecule has 0 aliphatic heterocycles. The van der Waals surface area contributed by atoms with E-state index in [1.807, 2.05) is 12.1 Å². The van der Waals surface area contributed by atoms with Crippen molar-refractivity contribution >= 4 is 23.7 Å². The van der Waals surface area contributed by atoms with Gasteiger partial charge in [-0.15, -0.1) is 0 Å². The van der Waals surface area contributed by atoms with Crippen molar-refractivity contribution in [2.24, 2.45) is 0 Å². The summed E-state index contributed by atoms with van der Waals surface area (Å²) in [6.07, 6.45) is 0.418. The van der Waals surface area contributed by atoms with Gasteiger partial charge in [-0.1, -0.05) is 12.1 Å². The van der Waals surface area contributed by atoms with E-state index in [-0.39, 0.29) is 11.9 Å². The van der Waals surface area contributed by atoms with Gasteiger partial charge in [-0.25, -0.2) is 4.79 Å². The van der Waals surface area contributed by atoms with E-state index in [1.54, 1.807) is 23.9 Å². The number of carbonyl (C=O) groups is 2. The maximum absolute atomic E-state index is 11.2. The van der Waals surface area contributed by atoms with E-state index in [0.29, 0.717) is 12.0 Å². The van der Waals surface area contributed by atoms with Crippen LogP contribution in [-0.4, -0.2) is 31.9 Å². The molecular weight excluding hydrogens is 252 g/mol. The van der Waals surface area contributed by atoms with Gasteiger partial charge in [-0.3, -0.25) is 4.79 Å². The molecular formula is C13H16O4S. The molecule has 0 aromatic heterocycles. The number of methoxy groups -OCH3 is 2. The molecule has 0 amide bonds. The second-order valence-corrected chi connectivity index (χ2v) is 4.67. The molecule has 1 aromatic rings. The Hall–Kier alpha value is -1.49. The Kier molecular flexibility index (Phi) is 6.28. The van der Waals surface area contributed by atoms with Gasteiger partial charge >= 0.3 is 11.9 Å². The van der Waals surface area contributed by atoms with E-state index in [0.717, 1.165) is 17.1 Å². The molecule has 0 radical (unpaired) electrons. The summed E-state index contributed by atoms with van der Waals surface area (Å²) in [6.45, 7) is 0. The summed E-state index contributed by atoms with van der Waals surface area (Å²) in [5.41, 5.74) is 1.65. The monoisotopic (exact) mass is 268 g/mol. The van der Waals surface area contributed by atoms with Crippen LogP contribution in [0.4, 0.5) is 0 Å². The molecule has 0 bridgehead atoms. The van der Waals surface area contributed by atoms with Crippen molar-refractivity contribution in [2.75, 3.05) is 20.0 Å².